The molecule has 2 rings (SSSR count). The molecule has 0 aliphatic carbocycles. The maximum atomic E-state index is 13.1. The number of hydrogen-bond acceptors (Lipinski definition) is 3. The number of hydrogen-bond donors (Lipinski definition) is 1. The Hall–Kier alpha value is -1.42. The van der Waals surface area contributed by atoms with E-state index in [0.29, 0.717) is 12.2 Å². The summed E-state index contributed by atoms with van der Waals surface area (Å²) in [5.41, 5.74) is -0.581. The largest absolute Gasteiger partial charge is 0.504 e. The summed E-state index contributed by atoms with van der Waals surface area (Å²) in [6.45, 7) is 0.611. The summed E-state index contributed by atoms with van der Waals surface area (Å²) in [5, 5.41) is 9.66. The molecule has 86 valence electrons. The van der Waals surface area contributed by atoms with Crippen LogP contribution in [0.4, 0.5) is 4.39 Å². The Morgan fingerprint density at radius 3 is 2.88 bits per heavy atom. The Morgan fingerprint density at radius 2 is 2.19 bits per heavy atom. The molecule has 3 nitrogen and oxygen atoms in total. The van der Waals surface area contributed by atoms with E-state index < -0.39 is 17.0 Å². The molecule has 1 saturated heterocycles. The highest BCUT2D eigenvalue weighted by Crippen LogP contribution is 2.31. The fourth-order valence-corrected chi connectivity index (χ4v) is 1.88. The van der Waals surface area contributed by atoms with E-state index in [-0.39, 0.29) is 6.10 Å². The van der Waals surface area contributed by atoms with Crippen molar-refractivity contribution in [2.24, 2.45) is 0 Å². The molecule has 1 aromatic carbocycles. The van der Waals surface area contributed by atoms with Crippen molar-refractivity contribution in [1.82, 2.24) is 0 Å². The zero-order chi connectivity index (χ0) is 11.5. The van der Waals surface area contributed by atoms with E-state index in [1.807, 2.05) is 0 Å². The molecule has 4 heteroatoms. The molecule has 0 aromatic heterocycles. The van der Waals surface area contributed by atoms with Gasteiger partial charge in [-0.2, -0.15) is 0 Å². The van der Waals surface area contributed by atoms with Crippen LogP contribution in [0.1, 0.15) is 30.9 Å². The minimum Gasteiger partial charge on any atom is -0.504 e. The third kappa shape index (κ3) is 2.07. The van der Waals surface area contributed by atoms with E-state index in [9.17, 15) is 14.3 Å². The zero-order valence-corrected chi connectivity index (χ0v) is 8.78. The van der Waals surface area contributed by atoms with Gasteiger partial charge in [0.1, 0.15) is 0 Å². The lowest BCUT2D eigenvalue weighted by Gasteiger charge is -2.22. The van der Waals surface area contributed by atoms with Crippen molar-refractivity contribution >= 4 is 0 Å². The standard InChI is InChI=1S/C12H13FO3/c13-9-5-3-4-8(11(14)12(9)15)10-6-1-2-7-16-10/h3-5,10H,1-2,6-7H2,(H,14,15)/t10-/m0/s1. The van der Waals surface area contributed by atoms with Crippen molar-refractivity contribution in [2.75, 3.05) is 6.61 Å². The Kier molecular flexibility index (Phi) is 3.19. The normalized spacial score (nSPS) is 20.7. The quantitative estimate of drug-likeness (QED) is 0.794. The summed E-state index contributed by atoms with van der Waals surface area (Å²) < 4.78 is 18.5. The summed E-state index contributed by atoms with van der Waals surface area (Å²) in [5.74, 6) is -1.48. The van der Waals surface area contributed by atoms with Gasteiger partial charge in [-0.05, 0) is 25.3 Å². The molecular weight excluding hydrogens is 211 g/mol. The number of aromatic hydroxyl groups is 1. The molecule has 0 spiro atoms. The summed E-state index contributed by atoms with van der Waals surface area (Å²) in [7, 11) is 0. The van der Waals surface area contributed by atoms with Crippen molar-refractivity contribution < 1.29 is 14.2 Å². The Balaban J connectivity index is 2.45. The van der Waals surface area contributed by atoms with Gasteiger partial charge in [0.25, 0.3) is 5.43 Å². The molecule has 0 radical (unpaired) electrons. The van der Waals surface area contributed by atoms with Gasteiger partial charge in [-0.25, -0.2) is 4.39 Å². The second-order valence-electron chi connectivity index (χ2n) is 3.86. The maximum Gasteiger partial charge on any atom is 0.255 e. The zero-order valence-electron chi connectivity index (χ0n) is 8.78. The van der Waals surface area contributed by atoms with Crippen molar-refractivity contribution in [3.8, 4) is 5.75 Å². The third-order valence-corrected chi connectivity index (χ3v) is 2.75. The fourth-order valence-electron chi connectivity index (χ4n) is 1.88. The van der Waals surface area contributed by atoms with E-state index in [0.717, 1.165) is 25.3 Å². The number of halogens is 1. The molecule has 1 N–H and O–H groups in total. The highest BCUT2D eigenvalue weighted by Gasteiger charge is 2.20. The fraction of sp³-hybridized carbons (Fsp3) is 0.417. The van der Waals surface area contributed by atoms with Crippen LogP contribution in [-0.4, -0.2) is 11.7 Å². The summed E-state index contributed by atoms with van der Waals surface area (Å²) in [6, 6.07) is 4.01. The molecular formula is C12H13FO3. The third-order valence-electron chi connectivity index (χ3n) is 2.75. The first-order valence-electron chi connectivity index (χ1n) is 5.33. The van der Waals surface area contributed by atoms with Crippen LogP contribution in [-0.2, 0) is 4.74 Å². The van der Waals surface area contributed by atoms with Crippen LogP contribution in [0.15, 0.2) is 23.0 Å². The lowest BCUT2D eigenvalue weighted by Crippen LogP contribution is -2.13. The molecule has 1 aliphatic rings. The van der Waals surface area contributed by atoms with Gasteiger partial charge in [0, 0.05) is 12.2 Å². The van der Waals surface area contributed by atoms with E-state index in [1.165, 1.54) is 12.1 Å². The highest BCUT2D eigenvalue weighted by atomic mass is 19.1. The van der Waals surface area contributed by atoms with Gasteiger partial charge in [0.15, 0.2) is 11.6 Å². The highest BCUT2D eigenvalue weighted by molar-refractivity contribution is 5.33. The average Bonchev–Trinajstić information content (AvgIpc) is 2.44. The minimum absolute atomic E-state index is 0.298. The van der Waals surface area contributed by atoms with E-state index in [4.69, 9.17) is 4.74 Å². The molecule has 0 amide bonds. The average molecular weight is 224 g/mol. The number of ether oxygens (including phenoxy) is 1. The van der Waals surface area contributed by atoms with Gasteiger partial charge in [-0.15, -0.1) is 0 Å². The summed E-state index contributed by atoms with van der Waals surface area (Å²) in [4.78, 5) is 11.4. The lowest BCUT2D eigenvalue weighted by atomic mass is 10.0. The molecule has 0 unspecified atom stereocenters. The van der Waals surface area contributed by atoms with Crippen LogP contribution in [0.2, 0.25) is 0 Å². The predicted molar refractivity (Wildman–Crippen MR) is 56.9 cm³/mol. The first-order chi connectivity index (χ1) is 7.70. The van der Waals surface area contributed by atoms with Crippen LogP contribution in [0.25, 0.3) is 0 Å². The molecule has 1 atom stereocenters. The van der Waals surface area contributed by atoms with Crippen molar-refractivity contribution in [3.63, 3.8) is 0 Å². The first-order valence-corrected chi connectivity index (χ1v) is 5.33. The molecule has 1 fully saturated rings. The van der Waals surface area contributed by atoms with Gasteiger partial charge in [0.2, 0.25) is 0 Å². The maximum absolute atomic E-state index is 13.1. The van der Waals surface area contributed by atoms with Crippen molar-refractivity contribution in [3.05, 3.63) is 39.8 Å². The van der Waals surface area contributed by atoms with Gasteiger partial charge in [-0.3, -0.25) is 4.79 Å². The van der Waals surface area contributed by atoms with Gasteiger partial charge in [-0.1, -0.05) is 12.1 Å². The molecule has 0 bridgehead atoms. The molecule has 0 saturated carbocycles. The SMILES string of the molecule is O=c1c(F)cccc([C@@H]2CCCCO2)c1O. The van der Waals surface area contributed by atoms with Crippen LogP contribution in [0.5, 0.6) is 5.75 Å². The van der Waals surface area contributed by atoms with Crippen LogP contribution < -0.4 is 5.43 Å². The van der Waals surface area contributed by atoms with Crippen LogP contribution in [0, 0.1) is 5.82 Å². The van der Waals surface area contributed by atoms with Gasteiger partial charge >= 0.3 is 0 Å². The Labute approximate surface area is 92.5 Å². The Morgan fingerprint density at radius 1 is 1.38 bits per heavy atom. The van der Waals surface area contributed by atoms with E-state index >= 15 is 0 Å². The smallest absolute Gasteiger partial charge is 0.255 e. The van der Waals surface area contributed by atoms with Crippen LogP contribution in [0.3, 0.4) is 0 Å². The van der Waals surface area contributed by atoms with E-state index in [2.05, 4.69) is 0 Å². The molecule has 1 aromatic rings. The lowest BCUT2D eigenvalue weighted by molar-refractivity contribution is 0.0136. The molecule has 1 heterocycles. The summed E-state index contributed by atoms with van der Waals surface area (Å²) >= 11 is 0. The van der Waals surface area contributed by atoms with Gasteiger partial charge < -0.3 is 9.84 Å². The second-order valence-corrected chi connectivity index (χ2v) is 3.86. The van der Waals surface area contributed by atoms with Crippen LogP contribution >= 0.6 is 0 Å². The first kappa shape index (κ1) is 11.1. The van der Waals surface area contributed by atoms with Crippen molar-refractivity contribution in [1.29, 1.82) is 0 Å². The molecule has 16 heavy (non-hydrogen) atoms. The predicted octanol–water partition coefficient (Wildman–Crippen LogP) is 2.13. The topological polar surface area (TPSA) is 46.5 Å². The summed E-state index contributed by atoms with van der Waals surface area (Å²) in [6.07, 6.45) is 2.42. The molecule has 1 aliphatic heterocycles. The second kappa shape index (κ2) is 4.61. The number of rotatable bonds is 1. The van der Waals surface area contributed by atoms with E-state index in [1.54, 1.807) is 0 Å². The minimum atomic E-state index is -0.964. The van der Waals surface area contributed by atoms with Gasteiger partial charge in [0.05, 0.1) is 6.10 Å². The Bertz CT molecular complexity index is 439. The monoisotopic (exact) mass is 224 g/mol. The van der Waals surface area contributed by atoms with Crippen molar-refractivity contribution in [2.45, 2.75) is 25.4 Å².